The zero-order valence-corrected chi connectivity index (χ0v) is 14.1. The topological polar surface area (TPSA) is 93.4 Å². The first kappa shape index (κ1) is 18.3. The number of nitrogens with one attached hydrogen (secondary N) is 1. The van der Waals surface area contributed by atoms with Gasteiger partial charge in [-0.25, -0.2) is 17.4 Å². The number of nitrogens with zero attached hydrogens (tertiary/aromatic N) is 3. The van der Waals surface area contributed by atoms with Crippen molar-refractivity contribution in [2.24, 2.45) is 10.8 Å². The molecule has 1 aromatic heterocycles. The summed E-state index contributed by atoms with van der Waals surface area (Å²) in [4.78, 5) is -0.407. The van der Waals surface area contributed by atoms with E-state index in [-0.39, 0.29) is 0 Å². The van der Waals surface area contributed by atoms with Gasteiger partial charge in [-0.3, -0.25) is 9.40 Å². The Balaban J connectivity index is 2.45. The Morgan fingerprint density at radius 1 is 1.25 bits per heavy atom. The van der Waals surface area contributed by atoms with Crippen molar-refractivity contribution in [2.45, 2.75) is 11.3 Å². The number of aromatic nitrogens is 2. The van der Waals surface area contributed by atoms with Gasteiger partial charge in [-0.15, -0.1) is 0 Å². The molecule has 1 aromatic carbocycles. The van der Waals surface area contributed by atoms with E-state index < -0.39 is 48.5 Å². The molecule has 2 rings (SSSR count). The van der Waals surface area contributed by atoms with Gasteiger partial charge in [0.1, 0.15) is 5.82 Å². The predicted molar refractivity (Wildman–Crippen MR) is 81.9 cm³/mol. The van der Waals surface area contributed by atoms with Gasteiger partial charge >= 0.3 is 10.2 Å². The molecule has 0 aliphatic heterocycles. The summed E-state index contributed by atoms with van der Waals surface area (Å²) < 4.78 is 81.7. The van der Waals surface area contributed by atoms with Crippen LogP contribution in [0.3, 0.4) is 0 Å². The van der Waals surface area contributed by atoms with Gasteiger partial charge in [0.2, 0.25) is 0 Å². The monoisotopic (exact) mass is 382 g/mol. The molecule has 0 spiro atoms. The highest BCUT2D eigenvalue weighted by molar-refractivity contribution is 8.03. The zero-order chi connectivity index (χ0) is 18.1. The molecule has 12 heteroatoms. The Morgan fingerprint density at radius 2 is 1.88 bits per heavy atom. The quantitative estimate of drug-likeness (QED) is 0.859. The van der Waals surface area contributed by atoms with Crippen LogP contribution in [0, 0.1) is 5.82 Å². The summed E-state index contributed by atoms with van der Waals surface area (Å²) in [5.41, 5.74) is -1.30. The van der Waals surface area contributed by atoms with Gasteiger partial charge in [0, 0.05) is 19.5 Å². The summed E-state index contributed by atoms with van der Waals surface area (Å²) in [7, 11) is -6.99. The fourth-order valence-electron chi connectivity index (χ4n) is 1.88. The van der Waals surface area contributed by atoms with Crippen molar-refractivity contribution in [3.63, 3.8) is 0 Å². The van der Waals surface area contributed by atoms with Crippen LogP contribution in [0.1, 0.15) is 12.1 Å². The summed E-state index contributed by atoms with van der Waals surface area (Å²) in [5.74, 6) is -0.890. The van der Waals surface area contributed by atoms with Gasteiger partial charge in [0.25, 0.3) is 6.43 Å². The molecule has 0 bridgehead atoms. The number of benzene rings is 1. The van der Waals surface area contributed by atoms with E-state index in [1.54, 1.807) is 4.72 Å². The lowest BCUT2D eigenvalue weighted by Gasteiger charge is -2.07. The zero-order valence-electron chi connectivity index (χ0n) is 12.5. The minimum Gasteiger partial charge on any atom is -0.273 e. The summed E-state index contributed by atoms with van der Waals surface area (Å²) in [6, 6.07) is 4.84. The maximum atomic E-state index is 13.7. The molecule has 0 aliphatic carbocycles. The van der Waals surface area contributed by atoms with Gasteiger partial charge in [0.15, 0.2) is 5.69 Å². The highest BCUT2D eigenvalue weighted by Gasteiger charge is 2.23. The number of rotatable bonds is 5. The molecule has 1 unspecified atom stereocenters. The molecule has 2 aromatic rings. The molecule has 0 saturated carbocycles. The smallest absolute Gasteiger partial charge is 0.273 e. The normalized spacial score (nSPS) is 14.4. The second-order valence-electron chi connectivity index (χ2n) is 4.79. The first-order valence-electron chi connectivity index (χ1n) is 6.34. The summed E-state index contributed by atoms with van der Waals surface area (Å²) in [6.45, 7) is 0. The molecular weight excluding hydrogens is 369 g/mol. The summed E-state index contributed by atoms with van der Waals surface area (Å²) in [5, 5.41) is 3.43. The number of hydrogen-bond acceptors (Lipinski definition) is 4. The SMILES string of the molecule is Cn1cc(NS(=O)(=O)N=S(C)(=O)c2ccccc2F)c(C(F)F)n1. The van der Waals surface area contributed by atoms with Crippen LogP contribution >= 0.6 is 0 Å². The standard InChI is InChI=1S/C12H13F3N4O3S2/c1-19-7-9(11(16-19)12(14)15)17-24(21,22)18-23(2,20)10-6-4-3-5-8(10)13/h3-7,12,17H,1-2H3. The molecule has 0 aliphatic rings. The third-order valence-corrected chi connectivity index (χ3v) is 6.34. The average molecular weight is 382 g/mol. The molecule has 0 fully saturated rings. The third kappa shape index (κ3) is 4.06. The molecule has 0 saturated heterocycles. The van der Waals surface area contributed by atoms with E-state index in [0.717, 1.165) is 29.3 Å². The van der Waals surface area contributed by atoms with Crippen LogP contribution in [-0.2, 0) is 27.0 Å². The molecular formula is C12H13F3N4O3S2. The first-order valence-corrected chi connectivity index (χ1v) is 9.70. The Kier molecular flexibility index (Phi) is 4.90. The highest BCUT2D eigenvalue weighted by atomic mass is 32.3. The van der Waals surface area contributed by atoms with Crippen molar-refractivity contribution in [3.8, 4) is 0 Å². The largest absolute Gasteiger partial charge is 0.350 e. The molecule has 1 N–H and O–H groups in total. The minimum atomic E-state index is -4.65. The van der Waals surface area contributed by atoms with Crippen LogP contribution in [0.2, 0.25) is 0 Å². The fourth-order valence-corrected chi connectivity index (χ4v) is 5.05. The second-order valence-corrected chi connectivity index (χ2v) is 8.58. The van der Waals surface area contributed by atoms with Crippen molar-refractivity contribution >= 4 is 25.6 Å². The van der Waals surface area contributed by atoms with E-state index in [2.05, 4.69) is 8.87 Å². The molecule has 0 radical (unpaired) electrons. The van der Waals surface area contributed by atoms with Crippen molar-refractivity contribution < 1.29 is 25.8 Å². The number of alkyl halides is 2. The third-order valence-electron chi connectivity index (χ3n) is 2.79. The van der Waals surface area contributed by atoms with Crippen LogP contribution in [-0.4, -0.2) is 28.7 Å². The predicted octanol–water partition coefficient (Wildman–Crippen LogP) is 2.31. The number of hydrogen-bond donors (Lipinski definition) is 1. The Morgan fingerprint density at radius 3 is 2.46 bits per heavy atom. The van der Waals surface area contributed by atoms with Crippen molar-refractivity contribution in [3.05, 3.63) is 42.0 Å². The molecule has 132 valence electrons. The van der Waals surface area contributed by atoms with E-state index >= 15 is 0 Å². The van der Waals surface area contributed by atoms with Crippen LogP contribution in [0.15, 0.2) is 39.1 Å². The molecule has 0 amide bonds. The van der Waals surface area contributed by atoms with Crippen LogP contribution < -0.4 is 4.72 Å². The van der Waals surface area contributed by atoms with Gasteiger partial charge in [-0.05, 0) is 12.1 Å². The van der Waals surface area contributed by atoms with E-state index in [1.165, 1.54) is 19.2 Å². The number of halogens is 3. The van der Waals surface area contributed by atoms with E-state index in [0.29, 0.717) is 0 Å². The maximum Gasteiger partial charge on any atom is 0.350 e. The lowest BCUT2D eigenvalue weighted by Crippen LogP contribution is -2.14. The Hall–Kier alpha value is -2.08. The minimum absolute atomic E-state index is 0.407. The van der Waals surface area contributed by atoms with Gasteiger partial charge in [0.05, 0.1) is 20.3 Å². The van der Waals surface area contributed by atoms with Crippen LogP contribution in [0.5, 0.6) is 0 Å². The molecule has 1 atom stereocenters. The van der Waals surface area contributed by atoms with E-state index in [1.807, 2.05) is 0 Å². The lowest BCUT2D eigenvalue weighted by atomic mass is 10.4. The maximum absolute atomic E-state index is 13.7. The fraction of sp³-hybridized carbons (Fsp3) is 0.250. The van der Waals surface area contributed by atoms with Crippen molar-refractivity contribution in [1.82, 2.24) is 9.78 Å². The second kappa shape index (κ2) is 6.43. The summed E-state index contributed by atoms with van der Waals surface area (Å²) in [6.07, 6.45) is -1.08. The van der Waals surface area contributed by atoms with Gasteiger partial charge in [-0.1, -0.05) is 15.9 Å². The highest BCUT2D eigenvalue weighted by Crippen LogP contribution is 2.26. The Bertz CT molecular complexity index is 979. The molecule has 24 heavy (non-hydrogen) atoms. The van der Waals surface area contributed by atoms with Crippen molar-refractivity contribution in [2.75, 3.05) is 11.0 Å². The van der Waals surface area contributed by atoms with Crippen LogP contribution in [0.25, 0.3) is 0 Å². The van der Waals surface area contributed by atoms with Gasteiger partial charge < -0.3 is 0 Å². The first-order chi connectivity index (χ1) is 11.0. The van der Waals surface area contributed by atoms with Gasteiger partial charge in [-0.2, -0.15) is 13.5 Å². The number of anilines is 1. The average Bonchev–Trinajstić information content (AvgIpc) is 2.77. The van der Waals surface area contributed by atoms with E-state index in [9.17, 15) is 25.8 Å². The lowest BCUT2D eigenvalue weighted by molar-refractivity contribution is 0.146. The van der Waals surface area contributed by atoms with Crippen LogP contribution in [0.4, 0.5) is 18.9 Å². The molecule has 7 nitrogen and oxygen atoms in total. The Labute approximate surface area is 136 Å². The molecule has 1 heterocycles. The van der Waals surface area contributed by atoms with Crippen molar-refractivity contribution in [1.29, 1.82) is 0 Å². The number of aryl methyl sites for hydroxylation is 1. The van der Waals surface area contributed by atoms with E-state index in [4.69, 9.17) is 0 Å². The summed E-state index contributed by atoms with van der Waals surface area (Å²) >= 11 is 0.